The van der Waals surface area contributed by atoms with Gasteiger partial charge in [-0.05, 0) is 17.7 Å². The van der Waals surface area contributed by atoms with Gasteiger partial charge in [0.25, 0.3) is 0 Å². The second kappa shape index (κ2) is 6.98. The zero-order chi connectivity index (χ0) is 17.9. The van der Waals surface area contributed by atoms with Crippen LogP contribution in [0.15, 0.2) is 65.6 Å². The van der Waals surface area contributed by atoms with Gasteiger partial charge in [-0.3, -0.25) is 0 Å². The first-order valence-electron chi connectivity index (χ1n) is 7.55. The van der Waals surface area contributed by atoms with Gasteiger partial charge in [-0.25, -0.2) is 13.4 Å². The maximum absolute atomic E-state index is 13.8. The number of rotatable bonds is 5. The maximum atomic E-state index is 13.8. The predicted molar refractivity (Wildman–Crippen MR) is 94.3 cm³/mol. The molecule has 3 aromatic rings. The monoisotopic (exact) mass is 357 g/mol. The van der Waals surface area contributed by atoms with E-state index >= 15 is 0 Å². The maximum Gasteiger partial charge on any atom is 0.226 e. The molecule has 0 unspecified atom stereocenters. The quantitative estimate of drug-likeness (QED) is 0.710. The molecule has 0 atom stereocenters. The van der Waals surface area contributed by atoms with Gasteiger partial charge in [0.2, 0.25) is 11.9 Å². The van der Waals surface area contributed by atoms with E-state index in [-0.39, 0.29) is 10.8 Å². The molecule has 0 spiro atoms. The molecule has 2 aromatic carbocycles. The summed E-state index contributed by atoms with van der Waals surface area (Å²) in [6.07, 6.45) is 1.14. The van der Waals surface area contributed by atoms with Gasteiger partial charge in [0.05, 0.1) is 10.6 Å². The summed E-state index contributed by atoms with van der Waals surface area (Å²) in [5, 5.41) is 2.99. The van der Waals surface area contributed by atoms with Crippen molar-refractivity contribution in [3.05, 3.63) is 72.2 Å². The summed E-state index contributed by atoms with van der Waals surface area (Å²) in [6.45, 7) is 0.469. The molecule has 0 aliphatic heterocycles. The number of anilines is 1. The van der Waals surface area contributed by atoms with Gasteiger partial charge in [0.15, 0.2) is 9.84 Å². The summed E-state index contributed by atoms with van der Waals surface area (Å²) >= 11 is 0. The first kappa shape index (κ1) is 17.0. The average Bonchev–Trinajstić information content (AvgIpc) is 2.60. The molecule has 0 amide bonds. The van der Waals surface area contributed by atoms with Crippen molar-refractivity contribution in [3.8, 4) is 11.3 Å². The highest BCUT2D eigenvalue weighted by atomic mass is 32.2. The van der Waals surface area contributed by atoms with Crippen molar-refractivity contribution in [2.75, 3.05) is 11.6 Å². The SMILES string of the molecule is CS(=O)(=O)c1ccc(-c2cc(F)nc(NCc3ccccc3)n2)cc1. The number of nitrogens with zero attached hydrogens (tertiary/aromatic N) is 2. The molecular weight excluding hydrogens is 341 g/mol. The van der Waals surface area contributed by atoms with E-state index < -0.39 is 15.8 Å². The Morgan fingerprint density at radius 2 is 1.68 bits per heavy atom. The van der Waals surface area contributed by atoms with Crippen LogP contribution in [0, 0.1) is 5.95 Å². The average molecular weight is 357 g/mol. The molecule has 1 heterocycles. The van der Waals surface area contributed by atoms with Crippen molar-refractivity contribution >= 4 is 15.8 Å². The fourth-order valence-corrected chi connectivity index (χ4v) is 2.92. The van der Waals surface area contributed by atoms with Crippen LogP contribution >= 0.6 is 0 Å². The molecule has 0 saturated heterocycles. The molecule has 0 fully saturated rings. The van der Waals surface area contributed by atoms with Crippen molar-refractivity contribution < 1.29 is 12.8 Å². The zero-order valence-electron chi connectivity index (χ0n) is 13.5. The Kier molecular flexibility index (Phi) is 4.76. The van der Waals surface area contributed by atoms with Gasteiger partial charge < -0.3 is 5.32 Å². The van der Waals surface area contributed by atoms with Crippen molar-refractivity contribution in [3.63, 3.8) is 0 Å². The molecule has 1 aromatic heterocycles. The first-order valence-corrected chi connectivity index (χ1v) is 9.44. The van der Waals surface area contributed by atoms with E-state index in [1.54, 1.807) is 12.1 Å². The Hall–Kier alpha value is -2.80. The molecule has 5 nitrogen and oxygen atoms in total. The van der Waals surface area contributed by atoms with Crippen LogP contribution in [0.1, 0.15) is 5.56 Å². The van der Waals surface area contributed by atoms with E-state index in [1.165, 1.54) is 18.2 Å². The van der Waals surface area contributed by atoms with Gasteiger partial charge in [-0.15, -0.1) is 0 Å². The van der Waals surface area contributed by atoms with Gasteiger partial charge >= 0.3 is 0 Å². The number of hydrogen-bond acceptors (Lipinski definition) is 5. The van der Waals surface area contributed by atoms with E-state index in [9.17, 15) is 12.8 Å². The third-order valence-electron chi connectivity index (χ3n) is 3.57. The van der Waals surface area contributed by atoms with Gasteiger partial charge in [-0.1, -0.05) is 42.5 Å². The van der Waals surface area contributed by atoms with Crippen LogP contribution in [0.5, 0.6) is 0 Å². The van der Waals surface area contributed by atoms with E-state index in [0.717, 1.165) is 11.8 Å². The molecule has 0 radical (unpaired) electrons. The van der Waals surface area contributed by atoms with Crippen LogP contribution in [0.3, 0.4) is 0 Å². The van der Waals surface area contributed by atoms with E-state index in [4.69, 9.17) is 0 Å². The smallest absolute Gasteiger partial charge is 0.226 e. The summed E-state index contributed by atoms with van der Waals surface area (Å²) in [5.41, 5.74) is 2.01. The second-order valence-electron chi connectivity index (χ2n) is 5.54. The molecule has 0 aliphatic rings. The summed E-state index contributed by atoms with van der Waals surface area (Å²) in [6, 6.07) is 17.0. The minimum atomic E-state index is -3.28. The van der Waals surface area contributed by atoms with E-state index in [0.29, 0.717) is 17.8 Å². The third kappa shape index (κ3) is 4.39. The molecule has 7 heteroatoms. The van der Waals surface area contributed by atoms with Crippen LogP contribution in [0.2, 0.25) is 0 Å². The molecule has 0 bridgehead atoms. The first-order chi connectivity index (χ1) is 11.9. The van der Waals surface area contributed by atoms with Crippen molar-refractivity contribution in [2.45, 2.75) is 11.4 Å². The van der Waals surface area contributed by atoms with Gasteiger partial charge in [-0.2, -0.15) is 9.37 Å². The lowest BCUT2D eigenvalue weighted by atomic mass is 10.1. The topological polar surface area (TPSA) is 72.0 Å². The Morgan fingerprint density at radius 1 is 1.00 bits per heavy atom. The third-order valence-corrected chi connectivity index (χ3v) is 4.70. The lowest BCUT2D eigenvalue weighted by Gasteiger charge is -2.08. The fraction of sp³-hybridized carbons (Fsp3) is 0.111. The molecular formula is C18H16FN3O2S. The Morgan fingerprint density at radius 3 is 2.32 bits per heavy atom. The minimum Gasteiger partial charge on any atom is -0.350 e. The summed E-state index contributed by atoms with van der Waals surface area (Å²) in [7, 11) is -3.28. The molecule has 0 saturated carbocycles. The van der Waals surface area contributed by atoms with Crippen molar-refractivity contribution in [2.24, 2.45) is 0 Å². The van der Waals surface area contributed by atoms with Gasteiger partial charge in [0, 0.05) is 24.4 Å². The number of sulfone groups is 1. The zero-order valence-corrected chi connectivity index (χ0v) is 14.3. The van der Waals surface area contributed by atoms with Crippen LogP contribution in [-0.4, -0.2) is 24.6 Å². The standard InChI is InChI=1S/C18H16FN3O2S/c1-25(23,24)15-9-7-14(8-10-15)16-11-17(19)22-18(21-16)20-12-13-5-3-2-4-6-13/h2-11H,12H2,1H3,(H,20,21,22). The highest BCUT2D eigenvalue weighted by Crippen LogP contribution is 2.21. The molecule has 25 heavy (non-hydrogen) atoms. The number of aromatic nitrogens is 2. The van der Waals surface area contributed by atoms with E-state index in [1.807, 2.05) is 30.3 Å². The number of hydrogen-bond donors (Lipinski definition) is 1. The molecule has 1 N–H and O–H groups in total. The van der Waals surface area contributed by atoms with Crippen molar-refractivity contribution in [1.82, 2.24) is 9.97 Å². The van der Waals surface area contributed by atoms with Crippen LogP contribution < -0.4 is 5.32 Å². The lowest BCUT2D eigenvalue weighted by Crippen LogP contribution is -2.05. The highest BCUT2D eigenvalue weighted by molar-refractivity contribution is 7.90. The van der Waals surface area contributed by atoms with Crippen LogP contribution in [-0.2, 0) is 16.4 Å². The Bertz CT molecular complexity index is 975. The van der Waals surface area contributed by atoms with Crippen LogP contribution in [0.25, 0.3) is 11.3 Å². The summed E-state index contributed by atoms with van der Waals surface area (Å²) in [4.78, 5) is 8.25. The molecule has 3 rings (SSSR count). The van der Waals surface area contributed by atoms with E-state index in [2.05, 4.69) is 15.3 Å². The fourth-order valence-electron chi connectivity index (χ4n) is 2.29. The Balaban J connectivity index is 1.84. The van der Waals surface area contributed by atoms with Gasteiger partial charge in [0.1, 0.15) is 0 Å². The Labute approximate surface area is 145 Å². The largest absolute Gasteiger partial charge is 0.350 e. The molecule has 0 aliphatic carbocycles. The molecule has 128 valence electrons. The lowest BCUT2D eigenvalue weighted by molar-refractivity contribution is 0.582. The highest BCUT2D eigenvalue weighted by Gasteiger charge is 2.10. The van der Waals surface area contributed by atoms with Crippen LogP contribution in [0.4, 0.5) is 10.3 Å². The predicted octanol–water partition coefficient (Wildman–Crippen LogP) is 3.30. The minimum absolute atomic E-state index is 0.172. The second-order valence-corrected chi connectivity index (χ2v) is 7.55. The number of benzene rings is 2. The normalized spacial score (nSPS) is 11.3. The summed E-state index contributed by atoms with van der Waals surface area (Å²) in [5.74, 6) is -0.487. The number of halogens is 1. The summed E-state index contributed by atoms with van der Waals surface area (Å²) < 4.78 is 36.8. The number of nitrogens with one attached hydrogen (secondary N) is 1. The van der Waals surface area contributed by atoms with Crippen molar-refractivity contribution in [1.29, 1.82) is 0 Å².